The summed E-state index contributed by atoms with van der Waals surface area (Å²) in [4.78, 5) is 3.35. The van der Waals surface area contributed by atoms with Gasteiger partial charge >= 0.3 is 0 Å². The van der Waals surface area contributed by atoms with E-state index in [-0.39, 0.29) is 0 Å². The molecule has 68 valence electrons. The van der Waals surface area contributed by atoms with Crippen LogP contribution in [0.5, 0.6) is 0 Å². The molecule has 0 spiro atoms. The Morgan fingerprint density at radius 2 is 2.00 bits per heavy atom. The normalized spacial score (nSPS) is 10.5. The zero-order valence-electron chi connectivity index (χ0n) is 8.19. The molecule has 0 aromatic carbocycles. The first kappa shape index (κ1) is 9.37. The second-order valence-corrected chi connectivity index (χ2v) is 3.48. The van der Waals surface area contributed by atoms with Gasteiger partial charge in [-0.3, -0.25) is 0 Å². The maximum absolute atomic E-state index is 3.35. The van der Waals surface area contributed by atoms with Gasteiger partial charge in [0.05, 0.1) is 0 Å². The molecular weight excluding hydrogens is 146 g/mol. The topological polar surface area (TPSA) is 15.8 Å². The number of hydrogen-bond acceptors (Lipinski definition) is 0. The number of rotatable bonds is 5. The van der Waals surface area contributed by atoms with Crippen molar-refractivity contribution in [2.45, 2.75) is 46.0 Å². The second-order valence-electron chi connectivity index (χ2n) is 3.48. The summed E-state index contributed by atoms with van der Waals surface area (Å²) in [7, 11) is 0. The molecule has 0 saturated carbocycles. The molecule has 1 heteroatoms. The van der Waals surface area contributed by atoms with Crippen LogP contribution in [-0.2, 0) is 6.42 Å². The molecule has 1 nitrogen and oxygen atoms in total. The van der Waals surface area contributed by atoms with Crippen LogP contribution >= 0.6 is 0 Å². The van der Waals surface area contributed by atoms with Gasteiger partial charge in [0.2, 0.25) is 0 Å². The molecular formula is C11H19N. The maximum atomic E-state index is 3.35. The summed E-state index contributed by atoms with van der Waals surface area (Å²) in [5.74, 6) is 0. The van der Waals surface area contributed by atoms with E-state index in [2.05, 4.69) is 31.0 Å². The van der Waals surface area contributed by atoms with Crippen molar-refractivity contribution >= 4 is 0 Å². The first-order valence-corrected chi connectivity index (χ1v) is 4.97. The fourth-order valence-corrected chi connectivity index (χ4v) is 1.45. The van der Waals surface area contributed by atoms with Gasteiger partial charge in [-0.05, 0) is 31.9 Å². The van der Waals surface area contributed by atoms with E-state index >= 15 is 0 Å². The van der Waals surface area contributed by atoms with Crippen molar-refractivity contribution in [1.29, 1.82) is 0 Å². The van der Waals surface area contributed by atoms with Gasteiger partial charge in [-0.25, -0.2) is 0 Å². The van der Waals surface area contributed by atoms with Gasteiger partial charge < -0.3 is 4.98 Å². The van der Waals surface area contributed by atoms with Crippen molar-refractivity contribution in [2.75, 3.05) is 0 Å². The van der Waals surface area contributed by atoms with Gasteiger partial charge in [-0.2, -0.15) is 0 Å². The second kappa shape index (κ2) is 5.02. The highest BCUT2D eigenvalue weighted by Crippen LogP contribution is 2.07. The molecule has 0 aliphatic carbocycles. The van der Waals surface area contributed by atoms with Crippen LogP contribution in [0.3, 0.4) is 0 Å². The Hall–Kier alpha value is -0.720. The molecule has 1 heterocycles. The molecule has 0 atom stereocenters. The first-order valence-electron chi connectivity index (χ1n) is 4.97. The molecule has 1 rings (SSSR count). The smallest absolute Gasteiger partial charge is 0.0149 e. The lowest BCUT2D eigenvalue weighted by Gasteiger charge is -1.97. The Morgan fingerprint density at radius 3 is 2.58 bits per heavy atom. The van der Waals surface area contributed by atoms with Crippen molar-refractivity contribution in [3.63, 3.8) is 0 Å². The SMILES string of the molecule is CCCCCCc1ccc(C)[nH]1. The lowest BCUT2D eigenvalue weighted by atomic mass is 10.1. The minimum Gasteiger partial charge on any atom is -0.363 e. The molecule has 12 heavy (non-hydrogen) atoms. The van der Waals surface area contributed by atoms with Crippen LogP contribution < -0.4 is 0 Å². The van der Waals surface area contributed by atoms with Crippen LogP contribution in [0.1, 0.15) is 44.0 Å². The highest BCUT2D eigenvalue weighted by Gasteiger charge is 1.94. The quantitative estimate of drug-likeness (QED) is 0.643. The summed E-state index contributed by atoms with van der Waals surface area (Å²) in [5.41, 5.74) is 2.67. The monoisotopic (exact) mass is 165 g/mol. The van der Waals surface area contributed by atoms with Gasteiger partial charge in [0.15, 0.2) is 0 Å². The van der Waals surface area contributed by atoms with E-state index in [4.69, 9.17) is 0 Å². The molecule has 0 amide bonds. The van der Waals surface area contributed by atoms with Gasteiger partial charge in [0.25, 0.3) is 0 Å². The summed E-state index contributed by atoms with van der Waals surface area (Å²) in [5, 5.41) is 0. The van der Waals surface area contributed by atoms with Gasteiger partial charge in [-0.1, -0.05) is 26.2 Å². The van der Waals surface area contributed by atoms with Crippen LogP contribution in [0.25, 0.3) is 0 Å². The van der Waals surface area contributed by atoms with E-state index in [1.807, 2.05) is 0 Å². The third-order valence-electron chi connectivity index (χ3n) is 2.19. The molecule has 1 N–H and O–H groups in total. The lowest BCUT2D eigenvalue weighted by Crippen LogP contribution is -1.85. The van der Waals surface area contributed by atoms with Gasteiger partial charge in [-0.15, -0.1) is 0 Å². The number of aromatic nitrogens is 1. The number of H-pyrrole nitrogens is 1. The molecule has 0 bridgehead atoms. The molecule has 0 fully saturated rings. The van der Waals surface area contributed by atoms with Crippen molar-refractivity contribution < 1.29 is 0 Å². The van der Waals surface area contributed by atoms with E-state index in [1.165, 1.54) is 43.5 Å². The Balaban J connectivity index is 2.15. The van der Waals surface area contributed by atoms with Gasteiger partial charge in [0, 0.05) is 11.4 Å². The van der Waals surface area contributed by atoms with Crippen molar-refractivity contribution in [1.82, 2.24) is 4.98 Å². The van der Waals surface area contributed by atoms with Crippen molar-refractivity contribution in [3.8, 4) is 0 Å². The van der Waals surface area contributed by atoms with E-state index in [0.29, 0.717) is 0 Å². The number of nitrogens with one attached hydrogen (secondary N) is 1. The van der Waals surface area contributed by atoms with Crippen LogP contribution in [0.2, 0.25) is 0 Å². The minimum atomic E-state index is 1.22. The largest absolute Gasteiger partial charge is 0.363 e. The summed E-state index contributed by atoms with van der Waals surface area (Å²) >= 11 is 0. The van der Waals surface area contributed by atoms with Gasteiger partial charge in [0.1, 0.15) is 0 Å². The zero-order valence-corrected chi connectivity index (χ0v) is 8.19. The van der Waals surface area contributed by atoms with E-state index < -0.39 is 0 Å². The average Bonchev–Trinajstić information content (AvgIpc) is 2.45. The standard InChI is InChI=1S/C11H19N/c1-3-4-5-6-7-11-9-8-10(2)12-11/h8-9,12H,3-7H2,1-2H3. The van der Waals surface area contributed by atoms with Crippen LogP contribution in [0.4, 0.5) is 0 Å². The van der Waals surface area contributed by atoms with E-state index in [1.54, 1.807) is 0 Å². The molecule has 1 aromatic rings. The van der Waals surface area contributed by atoms with Crippen molar-refractivity contribution in [2.24, 2.45) is 0 Å². The molecule has 0 radical (unpaired) electrons. The summed E-state index contributed by atoms with van der Waals surface area (Å²) < 4.78 is 0. The molecule has 0 saturated heterocycles. The fraction of sp³-hybridized carbons (Fsp3) is 0.636. The molecule has 1 aromatic heterocycles. The number of unbranched alkanes of at least 4 members (excludes halogenated alkanes) is 3. The Bertz CT molecular complexity index is 213. The lowest BCUT2D eigenvalue weighted by molar-refractivity contribution is 0.661. The summed E-state index contributed by atoms with van der Waals surface area (Å²) in [6.45, 7) is 4.36. The number of hydrogen-bond donors (Lipinski definition) is 1. The molecule has 0 aliphatic heterocycles. The fourth-order valence-electron chi connectivity index (χ4n) is 1.45. The zero-order chi connectivity index (χ0) is 8.81. The maximum Gasteiger partial charge on any atom is 0.0149 e. The predicted octanol–water partition coefficient (Wildman–Crippen LogP) is 3.45. The van der Waals surface area contributed by atoms with Crippen LogP contribution in [-0.4, -0.2) is 4.98 Å². The summed E-state index contributed by atoms with van der Waals surface area (Å²) in [6.07, 6.45) is 6.61. The average molecular weight is 165 g/mol. The highest BCUT2D eigenvalue weighted by atomic mass is 14.7. The molecule has 0 unspecified atom stereocenters. The minimum absolute atomic E-state index is 1.22. The predicted molar refractivity (Wildman–Crippen MR) is 53.4 cm³/mol. The summed E-state index contributed by atoms with van der Waals surface area (Å²) in [6, 6.07) is 4.34. The number of aryl methyl sites for hydroxylation is 2. The van der Waals surface area contributed by atoms with E-state index in [9.17, 15) is 0 Å². The van der Waals surface area contributed by atoms with Crippen molar-refractivity contribution in [3.05, 3.63) is 23.5 Å². The Kier molecular flexibility index (Phi) is 3.92. The van der Waals surface area contributed by atoms with E-state index in [0.717, 1.165) is 0 Å². The third-order valence-corrected chi connectivity index (χ3v) is 2.19. The third kappa shape index (κ3) is 3.12. The number of aromatic amines is 1. The Labute approximate surface area is 75.2 Å². The first-order chi connectivity index (χ1) is 5.83. The van der Waals surface area contributed by atoms with Crippen LogP contribution in [0.15, 0.2) is 12.1 Å². The van der Waals surface area contributed by atoms with Crippen LogP contribution in [0, 0.1) is 6.92 Å². The Morgan fingerprint density at radius 1 is 1.17 bits per heavy atom. The molecule has 0 aliphatic rings. The highest BCUT2D eigenvalue weighted by molar-refractivity contribution is 5.11.